The summed E-state index contributed by atoms with van der Waals surface area (Å²) >= 11 is 3.37. The van der Waals surface area contributed by atoms with E-state index < -0.39 is 0 Å². The SMILES string of the molecule is CC.Cc1nc(Br)cn1-c1ccnc(N2CCOCC2)n1. The van der Waals surface area contributed by atoms with Crippen LogP contribution >= 0.6 is 15.9 Å². The van der Waals surface area contributed by atoms with Gasteiger partial charge in [0, 0.05) is 25.5 Å². The summed E-state index contributed by atoms with van der Waals surface area (Å²) in [6.45, 7) is 9.06. The summed E-state index contributed by atoms with van der Waals surface area (Å²) in [5, 5.41) is 0. The van der Waals surface area contributed by atoms with Gasteiger partial charge in [-0.2, -0.15) is 4.98 Å². The van der Waals surface area contributed by atoms with Gasteiger partial charge in [0.05, 0.1) is 13.2 Å². The van der Waals surface area contributed by atoms with E-state index in [1.54, 1.807) is 6.20 Å². The van der Waals surface area contributed by atoms with Crippen LogP contribution in [0, 0.1) is 6.92 Å². The van der Waals surface area contributed by atoms with E-state index in [0.717, 1.165) is 48.5 Å². The minimum Gasteiger partial charge on any atom is -0.378 e. The maximum atomic E-state index is 5.34. The van der Waals surface area contributed by atoms with Gasteiger partial charge in [-0.25, -0.2) is 9.97 Å². The van der Waals surface area contributed by atoms with Crippen molar-refractivity contribution in [3.63, 3.8) is 0 Å². The van der Waals surface area contributed by atoms with Crippen molar-refractivity contribution in [1.82, 2.24) is 19.5 Å². The molecule has 0 spiro atoms. The number of imidazole rings is 1. The predicted octanol–water partition coefficient (Wildman–Crippen LogP) is 2.60. The first-order valence-corrected chi connectivity index (χ1v) is 7.91. The lowest BCUT2D eigenvalue weighted by Gasteiger charge is -2.26. The number of aromatic nitrogens is 4. The monoisotopic (exact) mass is 353 g/mol. The van der Waals surface area contributed by atoms with Gasteiger partial charge in [0.1, 0.15) is 16.2 Å². The molecule has 0 bridgehead atoms. The van der Waals surface area contributed by atoms with Gasteiger partial charge in [-0.3, -0.25) is 4.57 Å². The molecule has 7 heteroatoms. The molecule has 1 fully saturated rings. The Balaban J connectivity index is 0.000000774. The molecule has 0 N–H and O–H groups in total. The Labute approximate surface area is 133 Å². The van der Waals surface area contributed by atoms with Gasteiger partial charge in [-0.05, 0) is 28.9 Å². The van der Waals surface area contributed by atoms with Crippen LogP contribution in [0.2, 0.25) is 0 Å². The average Bonchev–Trinajstić information content (AvgIpc) is 2.89. The second-order valence-electron chi connectivity index (χ2n) is 4.30. The van der Waals surface area contributed by atoms with E-state index in [0.29, 0.717) is 0 Å². The first-order chi connectivity index (χ1) is 10.2. The molecule has 1 aliphatic rings. The Bertz CT molecular complexity index is 580. The fourth-order valence-corrected chi connectivity index (χ4v) is 2.52. The van der Waals surface area contributed by atoms with Crippen LogP contribution in [0.15, 0.2) is 23.1 Å². The number of aryl methyl sites for hydroxylation is 1. The Kier molecular flexibility index (Phi) is 5.69. The number of morpholine rings is 1. The number of hydrogen-bond donors (Lipinski definition) is 0. The topological polar surface area (TPSA) is 56.1 Å². The minimum absolute atomic E-state index is 0.725. The normalized spacial score (nSPS) is 14.6. The van der Waals surface area contributed by atoms with Crippen molar-refractivity contribution in [2.24, 2.45) is 0 Å². The standard InChI is InChI=1S/C12H14BrN5O.C2H6/c1-9-15-10(13)8-18(9)11-2-3-14-12(16-11)17-4-6-19-7-5-17;1-2/h2-3,8H,4-7H2,1H3;1-2H3. The van der Waals surface area contributed by atoms with Crippen molar-refractivity contribution in [2.75, 3.05) is 31.2 Å². The van der Waals surface area contributed by atoms with E-state index in [9.17, 15) is 0 Å². The minimum atomic E-state index is 0.725. The van der Waals surface area contributed by atoms with Gasteiger partial charge >= 0.3 is 0 Å². The van der Waals surface area contributed by atoms with E-state index in [4.69, 9.17) is 4.74 Å². The zero-order valence-corrected chi connectivity index (χ0v) is 14.2. The quantitative estimate of drug-likeness (QED) is 0.830. The molecule has 0 aliphatic carbocycles. The van der Waals surface area contributed by atoms with Gasteiger partial charge in [0.2, 0.25) is 5.95 Å². The summed E-state index contributed by atoms with van der Waals surface area (Å²) in [6, 6.07) is 1.88. The van der Waals surface area contributed by atoms with E-state index in [1.807, 2.05) is 37.6 Å². The Morgan fingerprint density at radius 3 is 2.52 bits per heavy atom. The van der Waals surface area contributed by atoms with Crippen LogP contribution in [0.5, 0.6) is 0 Å². The zero-order chi connectivity index (χ0) is 15.2. The molecule has 1 saturated heterocycles. The Morgan fingerprint density at radius 2 is 1.90 bits per heavy atom. The molecule has 0 radical (unpaired) electrons. The van der Waals surface area contributed by atoms with Gasteiger partial charge < -0.3 is 9.64 Å². The van der Waals surface area contributed by atoms with E-state index in [-0.39, 0.29) is 0 Å². The molecule has 3 heterocycles. The fourth-order valence-electron chi connectivity index (χ4n) is 2.06. The molecule has 0 aromatic carbocycles. The number of halogens is 1. The maximum Gasteiger partial charge on any atom is 0.227 e. The third-order valence-electron chi connectivity index (χ3n) is 3.02. The molecule has 0 atom stereocenters. The molecule has 2 aromatic rings. The first-order valence-electron chi connectivity index (χ1n) is 7.11. The molecule has 0 unspecified atom stereocenters. The number of rotatable bonds is 2. The highest BCUT2D eigenvalue weighted by Crippen LogP contribution is 2.16. The highest BCUT2D eigenvalue weighted by molar-refractivity contribution is 9.10. The molecular formula is C14H20BrN5O. The van der Waals surface area contributed by atoms with E-state index in [1.165, 1.54) is 0 Å². The molecule has 0 amide bonds. The predicted molar refractivity (Wildman–Crippen MR) is 86.0 cm³/mol. The smallest absolute Gasteiger partial charge is 0.227 e. The van der Waals surface area contributed by atoms with Crippen LogP contribution in [0.4, 0.5) is 5.95 Å². The van der Waals surface area contributed by atoms with Gasteiger partial charge in [-0.1, -0.05) is 13.8 Å². The van der Waals surface area contributed by atoms with Crippen molar-refractivity contribution in [2.45, 2.75) is 20.8 Å². The number of hydrogen-bond acceptors (Lipinski definition) is 5. The van der Waals surface area contributed by atoms with Crippen LogP contribution in [0.3, 0.4) is 0 Å². The third kappa shape index (κ3) is 3.79. The van der Waals surface area contributed by atoms with Gasteiger partial charge in [0.25, 0.3) is 0 Å². The van der Waals surface area contributed by atoms with Gasteiger partial charge in [-0.15, -0.1) is 0 Å². The van der Waals surface area contributed by atoms with Crippen molar-refractivity contribution in [1.29, 1.82) is 0 Å². The molecule has 3 rings (SSSR count). The summed E-state index contributed by atoms with van der Waals surface area (Å²) in [7, 11) is 0. The van der Waals surface area contributed by atoms with Crippen LogP contribution in [-0.4, -0.2) is 45.8 Å². The van der Waals surface area contributed by atoms with Crippen LogP contribution in [0.25, 0.3) is 5.82 Å². The molecule has 114 valence electrons. The molecular weight excluding hydrogens is 334 g/mol. The summed E-state index contributed by atoms with van der Waals surface area (Å²) < 4.78 is 8.08. The second kappa shape index (κ2) is 7.51. The van der Waals surface area contributed by atoms with Crippen LogP contribution < -0.4 is 4.90 Å². The lowest BCUT2D eigenvalue weighted by molar-refractivity contribution is 0.122. The lowest BCUT2D eigenvalue weighted by atomic mass is 10.4. The molecule has 1 aliphatic heterocycles. The van der Waals surface area contributed by atoms with E-state index >= 15 is 0 Å². The van der Waals surface area contributed by atoms with Gasteiger partial charge in [0.15, 0.2) is 0 Å². The Morgan fingerprint density at radius 1 is 1.19 bits per heavy atom. The first kappa shape index (κ1) is 15.9. The molecule has 21 heavy (non-hydrogen) atoms. The number of nitrogens with zero attached hydrogens (tertiary/aromatic N) is 5. The zero-order valence-electron chi connectivity index (χ0n) is 12.6. The second-order valence-corrected chi connectivity index (χ2v) is 5.11. The average molecular weight is 354 g/mol. The van der Waals surface area contributed by atoms with Crippen molar-refractivity contribution in [3.8, 4) is 5.82 Å². The van der Waals surface area contributed by atoms with Crippen molar-refractivity contribution >= 4 is 21.9 Å². The van der Waals surface area contributed by atoms with E-state index in [2.05, 4.69) is 35.8 Å². The third-order valence-corrected chi connectivity index (χ3v) is 3.40. The Hall–Kier alpha value is -1.47. The number of anilines is 1. The van der Waals surface area contributed by atoms with Crippen LogP contribution in [-0.2, 0) is 4.74 Å². The highest BCUT2D eigenvalue weighted by Gasteiger charge is 2.15. The van der Waals surface area contributed by atoms with Crippen LogP contribution in [0.1, 0.15) is 19.7 Å². The summed E-state index contributed by atoms with van der Waals surface area (Å²) in [5.41, 5.74) is 0. The number of ether oxygens (including phenoxy) is 1. The molecule has 6 nitrogen and oxygen atoms in total. The van der Waals surface area contributed by atoms with Crippen molar-refractivity contribution in [3.05, 3.63) is 28.9 Å². The fraction of sp³-hybridized carbons (Fsp3) is 0.500. The highest BCUT2D eigenvalue weighted by atomic mass is 79.9. The summed E-state index contributed by atoms with van der Waals surface area (Å²) in [4.78, 5) is 15.4. The lowest BCUT2D eigenvalue weighted by Crippen LogP contribution is -2.37. The summed E-state index contributed by atoms with van der Waals surface area (Å²) in [5.74, 6) is 2.45. The van der Waals surface area contributed by atoms with Crippen molar-refractivity contribution < 1.29 is 4.74 Å². The maximum absolute atomic E-state index is 5.34. The molecule has 0 saturated carbocycles. The largest absolute Gasteiger partial charge is 0.378 e. The molecule has 2 aromatic heterocycles. The summed E-state index contributed by atoms with van der Waals surface area (Å²) in [6.07, 6.45) is 3.68.